The highest BCUT2D eigenvalue weighted by Gasteiger charge is 2.20. The Bertz CT molecular complexity index is 596. The van der Waals surface area contributed by atoms with Crippen LogP contribution in [0.4, 0.5) is 5.13 Å². The van der Waals surface area contributed by atoms with E-state index in [9.17, 15) is 5.11 Å². The number of nitrogens with one attached hydrogen (secondary N) is 1. The molecule has 2 rings (SSSR count). The number of hydrogen-bond donors (Lipinski definition) is 2. The predicted molar refractivity (Wildman–Crippen MR) is 92.7 cm³/mol. The molecule has 1 unspecified atom stereocenters. The van der Waals surface area contributed by atoms with E-state index in [1.807, 2.05) is 31.2 Å². The molecule has 1 heterocycles. The highest BCUT2D eigenvalue weighted by Crippen LogP contribution is 2.25. The molecule has 6 heteroatoms. The third-order valence-electron chi connectivity index (χ3n) is 3.30. The first kappa shape index (κ1) is 17.2. The Morgan fingerprint density at radius 2 is 1.95 bits per heavy atom. The van der Waals surface area contributed by atoms with Gasteiger partial charge in [-0.05, 0) is 36.5 Å². The topological polar surface area (TPSA) is 58.0 Å². The fourth-order valence-electron chi connectivity index (χ4n) is 2.36. The maximum Gasteiger partial charge on any atom is 0.205 e. The second kappa shape index (κ2) is 7.40. The van der Waals surface area contributed by atoms with Gasteiger partial charge in [-0.1, -0.05) is 48.9 Å². The monoisotopic (exact) mass is 339 g/mol. The lowest BCUT2D eigenvalue weighted by Gasteiger charge is -2.26. The standard InChI is InChI=1S/C16H22ClN3OS/c1-11(21)9-16(2,3)10-18-15-20-19-14(22-15)8-12-4-6-13(17)7-5-12/h4-7,11,21H,8-10H2,1-3H3,(H,18,20). The third kappa shape index (κ3) is 5.55. The number of aliphatic hydroxyl groups is 1. The number of benzene rings is 1. The lowest BCUT2D eigenvalue weighted by atomic mass is 9.87. The van der Waals surface area contributed by atoms with Crippen molar-refractivity contribution < 1.29 is 5.11 Å². The molecule has 120 valence electrons. The molecule has 1 aromatic heterocycles. The molecule has 0 aliphatic rings. The largest absolute Gasteiger partial charge is 0.393 e. The van der Waals surface area contributed by atoms with E-state index in [0.29, 0.717) is 0 Å². The molecular weight excluding hydrogens is 318 g/mol. The summed E-state index contributed by atoms with van der Waals surface area (Å²) < 4.78 is 0. The first-order valence-corrected chi connectivity index (χ1v) is 8.52. The summed E-state index contributed by atoms with van der Waals surface area (Å²) in [6.45, 7) is 6.83. The van der Waals surface area contributed by atoms with Crippen LogP contribution in [0, 0.1) is 5.41 Å². The number of hydrogen-bond acceptors (Lipinski definition) is 5. The van der Waals surface area contributed by atoms with Crippen LogP contribution < -0.4 is 5.32 Å². The van der Waals surface area contributed by atoms with Crippen molar-refractivity contribution in [3.05, 3.63) is 39.9 Å². The molecule has 4 nitrogen and oxygen atoms in total. The predicted octanol–water partition coefficient (Wildman–Crippen LogP) is 3.99. The van der Waals surface area contributed by atoms with Gasteiger partial charge in [-0.15, -0.1) is 10.2 Å². The number of aliphatic hydroxyl groups excluding tert-OH is 1. The molecule has 0 radical (unpaired) electrons. The molecular formula is C16H22ClN3OS. The Kier molecular flexibility index (Phi) is 5.78. The number of nitrogens with zero attached hydrogens (tertiary/aromatic N) is 2. The molecule has 0 amide bonds. The lowest BCUT2D eigenvalue weighted by molar-refractivity contribution is 0.135. The Morgan fingerprint density at radius 3 is 2.59 bits per heavy atom. The highest BCUT2D eigenvalue weighted by atomic mass is 35.5. The average molecular weight is 340 g/mol. The van der Waals surface area contributed by atoms with Gasteiger partial charge in [-0.2, -0.15) is 0 Å². The Labute approximate surface area is 140 Å². The van der Waals surface area contributed by atoms with Gasteiger partial charge in [0.1, 0.15) is 5.01 Å². The molecule has 0 saturated carbocycles. The SMILES string of the molecule is CC(O)CC(C)(C)CNc1nnc(Cc2ccc(Cl)cc2)s1. The van der Waals surface area contributed by atoms with Gasteiger partial charge in [-0.3, -0.25) is 0 Å². The number of aromatic nitrogens is 2. The normalized spacial score (nSPS) is 13.1. The van der Waals surface area contributed by atoms with Gasteiger partial charge in [-0.25, -0.2) is 0 Å². The van der Waals surface area contributed by atoms with Crippen molar-refractivity contribution in [3.63, 3.8) is 0 Å². The summed E-state index contributed by atoms with van der Waals surface area (Å²) >= 11 is 7.45. The van der Waals surface area contributed by atoms with Gasteiger partial charge in [0.05, 0.1) is 6.10 Å². The summed E-state index contributed by atoms with van der Waals surface area (Å²) in [5, 5.41) is 23.8. The first-order valence-electron chi connectivity index (χ1n) is 7.33. The summed E-state index contributed by atoms with van der Waals surface area (Å²) in [5.74, 6) is 0. The van der Waals surface area contributed by atoms with Crippen LogP contribution in [0.3, 0.4) is 0 Å². The summed E-state index contributed by atoms with van der Waals surface area (Å²) in [4.78, 5) is 0. The summed E-state index contributed by atoms with van der Waals surface area (Å²) in [6, 6.07) is 7.77. The quantitative estimate of drug-likeness (QED) is 0.800. The van der Waals surface area contributed by atoms with E-state index in [1.54, 1.807) is 11.3 Å². The second-order valence-electron chi connectivity index (χ2n) is 6.38. The van der Waals surface area contributed by atoms with Crippen LogP contribution in [0.25, 0.3) is 0 Å². The molecule has 0 saturated heterocycles. The van der Waals surface area contributed by atoms with E-state index in [4.69, 9.17) is 11.6 Å². The molecule has 0 fully saturated rings. The van der Waals surface area contributed by atoms with Crippen molar-refractivity contribution in [2.75, 3.05) is 11.9 Å². The molecule has 0 spiro atoms. The van der Waals surface area contributed by atoms with E-state index in [2.05, 4.69) is 29.4 Å². The maximum absolute atomic E-state index is 9.51. The van der Waals surface area contributed by atoms with Gasteiger partial charge >= 0.3 is 0 Å². The van der Waals surface area contributed by atoms with Gasteiger partial charge < -0.3 is 10.4 Å². The zero-order valence-electron chi connectivity index (χ0n) is 13.1. The van der Waals surface area contributed by atoms with Crippen LogP contribution in [-0.2, 0) is 6.42 Å². The number of rotatable bonds is 7. The summed E-state index contributed by atoms with van der Waals surface area (Å²) in [7, 11) is 0. The highest BCUT2D eigenvalue weighted by molar-refractivity contribution is 7.15. The van der Waals surface area contributed by atoms with Crippen molar-refractivity contribution in [2.45, 2.75) is 39.7 Å². The van der Waals surface area contributed by atoms with Crippen LogP contribution in [0.1, 0.15) is 37.8 Å². The van der Waals surface area contributed by atoms with E-state index >= 15 is 0 Å². The summed E-state index contributed by atoms with van der Waals surface area (Å²) in [5.41, 5.74) is 1.18. The Hall–Kier alpha value is -1.17. The van der Waals surface area contributed by atoms with E-state index in [-0.39, 0.29) is 11.5 Å². The molecule has 0 aliphatic heterocycles. The summed E-state index contributed by atoms with van der Waals surface area (Å²) in [6.07, 6.45) is 1.20. The van der Waals surface area contributed by atoms with Crippen LogP contribution >= 0.6 is 22.9 Å². The molecule has 1 aromatic carbocycles. The van der Waals surface area contributed by atoms with Crippen molar-refractivity contribution in [3.8, 4) is 0 Å². The maximum atomic E-state index is 9.51. The fraction of sp³-hybridized carbons (Fsp3) is 0.500. The van der Waals surface area contributed by atoms with Gasteiger partial charge in [0.25, 0.3) is 0 Å². The lowest BCUT2D eigenvalue weighted by Crippen LogP contribution is -2.27. The molecule has 2 N–H and O–H groups in total. The first-order chi connectivity index (χ1) is 10.3. The zero-order chi connectivity index (χ0) is 16.2. The minimum absolute atomic E-state index is 0.0101. The molecule has 1 atom stereocenters. The van der Waals surface area contributed by atoms with Crippen LogP contribution in [0.15, 0.2) is 24.3 Å². The third-order valence-corrected chi connectivity index (χ3v) is 4.43. The van der Waals surface area contributed by atoms with E-state index in [0.717, 1.165) is 34.5 Å². The number of halogens is 1. The minimum Gasteiger partial charge on any atom is -0.393 e. The van der Waals surface area contributed by atoms with Crippen molar-refractivity contribution in [2.24, 2.45) is 5.41 Å². The molecule has 0 aliphatic carbocycles. The Balaban J connectivity index is 1.90. The van der Waals surface area contributed by atoms with Gasteiger partial charge in [0.2, 0.25) is 5.13 Å². The van der Waals surface area contributed by atoms with Crippen LogP contribution in [0.2, 0.25) is 5.02 Å². The van der Waals surface area contributed by atoms with Gasteiger partial charge in [0, 0.05) is 18.0 Å². The van der Waals surface area contributed by atoms with Crippen molar-refractivity contribution in [1.29, 1.82) is 0 Å². The Morgan fingerprint density at radius 1 is 1.27 bits per heavy atom. The molecule has 22 heavy (non-hydrogen) atoms. The van der Waals surface area contributed by atoms with Crippen molar-refractivity contribution >= 4 is 28.1 Å². The zero-order valence-corrected chi connectivity index (χ0v) is 14.7. The van der Waals surface area contributed by atoms with Crippen LogP contribution in [-0.4, -0.2) is 28.0 Å². The fourth-order valence-corrected chi connectivity index (χ4v) is 3.26. The van der Waals surface area contributed by atoms with Gasteiger partial charge in [0.15, 0.2) is 0 Å². The molecule has 2 aromatic rings. The smallest absolute Gasteiger partial charge is 0.205 e. The van der Waals surface area contributed by atoms with Crippen LogP contribution in [0.5, 0.6) is 0 Å². The average Bonchev–Trinajstić information content (AvgIpc) is 2.86. The van der Waals surface area contributed by atoms with E-state index < -0.39 is 0 Å². The minimum atomic E-state index is -0.299. The number of anilines is 1. The second-order valence-corrected chi connectivity index (χ2v) is 7.87. The van der Waals surface area contributed by atoms with E-state index in [1.165, 1.54) is 5.56 Å². The molecule has 0 bridgehead atoms. The van der Waals surface area contributed by atoms with Crippen molar-refractivity contribution in [1.82, 2.24) is 10.2 Å².